The second-order valence-corrected chi connectivity index (χ2v) is 2.54. The van der Waals surface area contributed by atoms with Crippen LogP contribution in [0.15, 0.2) is 0 Å². The van der Waals surface area contributed by atoms with E-state index in [0.717, 1.165) is 0 Å². The molecule has 0 atom stereocenters. The third-order valence-corrected chi connectivity index (χ3v) is 0. The molecule has 0 aliphatic carbocycles. The zero-order valence-electron chi connectivity index (χ0n) is 3.58. The van der Waals surface area contributed by atoms with Crippen LogP contribution in [0.5, 0.6) is 0 Å². The van der Waals surface area contributed by atoms with Crippen LogP contribution in [0.4, 0.5) is 0 Å². The molecule has 1 radical (unpaired) electrons. The molecule has 0 rings (SSSR count). The molecule has 0 amide bonds. The number of hydrogen-bond donors (Lipinski definition) is 0. The van der Waals surface area contributed by atoms with Crippen LogP contribution in [0, 0.1) is 0 Å². The molecule has 0 spiro atoms. The maximum atomic E-state index is 8.57. The summed E-state index contributed by atoms with van der Waals surface area (Å²) in [6.45, 7) is 0. The Labute approximate surface area is 79.1 Å². The van der Waals surface area contributed by atoms with E-state index in [1.807, 2.05) is 0 Å². The van der Waals surface area contributed by atoms with Gasteiger partial charge in [0.1, 0.15) is 0 Å². The topological polar surface area (TPSA) is 138 Å². The molecule has 0 saturated carbocycles. The minimum atomic E-state index is -4.01. The Morgan fingerprint density at radius 2 is 0.556 bits per heavy atom. The molecular formula is I2MnO6. The van der Waals surface area contributed by atoms with Gasteiger partial charge in [0.25, 0.3) is 42.1 Å². The molecule has 0 aromatic heterocycles. The maximum Gasteiger partial charge on any atom is 2.00 e. The molecule has 9 heteroatoms. The standard InChI is InChI=1S/2IO3.Mn/c2*2-1(3)4;/q2*-1;+2. The molecule has 0 bridgehead atoms. The fourth-order valence-electron chi connectivity index (χ4n) is 0. The second-order valence-electron chi connectivity index (χ2n) is 0.378. The predicted molar refractivity (Wildman–Crippen MR) is 0 cm³/mol. The summed E-state index contributed by atoms with van der Waals surface area (Å²) in [7, 11) is 0. The monoisotopic (exact) mass is 405 g/mol. The van der Waals surface area contributed by atoms with Crippen LogP contribution in [-0.4, -0.2) is 0 Å². The van der Waals surface area contributed by atoms with Crippen LogP contribution in [-0.2, 0) is 17.1 Å². The van der Waals surface area contributed by atoms with E-state index in [9.17, 15) is 0 Å². The van der Waals surface area contributed by atoms with E-state index in [4.69, 9.17) is 20.6 Å². The van der Waals surface area contributed by atoms with Crippen molar-refractivity contribution in [3.63, 3.8) is 0 Å². The summed E-state index contributed by atoms with van der Waals surface area (Å²) in [5, 5.41) is 0. The fourth-order valence-corrected chi connectivity index (χ4v) is 0. The van der Waals surface area contributed by atoms with Gasteiger partial charge in [0.2, 0.25) is 0 Å². The SMILES string of the molecule is [Mn+2].[O-][I+2]([O-])[O-].[O-][I+2]([O-])[O-]. The second kappa shape index (κ2) is 12.4. The minimum Gasteiger partial charge on any atom is -0.427 e. The van der Waals surface area contributed by atoms with E-state index >= 15 is 0 Å². The predicted octanol–water partition coefficient (Wildman–Crippen LogP) is -13.1. The zero-order valence-corrected chi connectivity index (χ0v) is 9.08. The molecule has 0 fully saturated rings. The van der Waals surface area contributed by atoms with Crippen LogP contribution in [0.1, 0.15) is 0 Å². The Balaban J connectivity index is -0.0000000720. The summed E-state index contributed by atoms with van der Waals surface area (Å²) >= 11 is -8.03. The summed E-state index contributed by atoms with van der Waals surface area (Å²) in [6.07, 6.45) is 0. The average Bonchev–Trinajstić information content (AvgIpc) is 1.25. The van der Waals surface area contributed by atoms with Gasteiger partial charge in [-0.2, -0.15) is 0 Å². The smallest absolute Gasteiger partial charge is 0.427 e. The first-order valence-corrected chi connectivity index (χ1v) is 6.21. The van der Waals surface area contributed by atoms with Crippen LogP contribution in [0.25, 0.3) is 0 Å². The van der Waals surface area contributed by atoms with Crippen molar-refractivity contribution in [2.24, 2.45) is 0 Å². The van der Waals surface area contributed by atoms with Crippen LogP contribution >= 0.6 is 0 Å². The summed E-state index contributed by atoms with van der Waals surface area (Å²) in [5.74, 6) is 0. The average molecular weight is 405 g/mol. The molecule has 0 aliphatic rings. The summed E-state index contributed by atoms with van der Waals surface area (Å²) in [5.41, 5.74) is 0. The Kier molecular flexibility index (Phi) is 23.5. The van der Waals surface area contributed by atoms with Gasteiger partial charge in [-0.25, -0.2) is 0 Å². The van der Waals surface area contributed by atoms with Crippen molar-refractivity contribution in [2.45, 2.75) is 0 Å². The van der Waals surface area contributed by atoms with Gasteiger partial charge in [0, 0.05) is 0 Å². The molecule has 6 nitrogen and oxygen atoms in total. The third kappa shape index (κ3) is 193. The molecule has 0 heterocycles. The van der Waals surface area contributed by atoms with Crippen molar-refractivity contribution in [1.29, 1.82) is 0 Å². The largest absolute Gasteiger partial charge is 2.00 e. The first-order valence-electron chi connectivity index (χ1n) is 0.926. The van der Waals surface area contributed by atoms with E-state index in [0.29, 0.717) is 0 Å². The third-order valence-electron chi connectivity index (χ3n) is 0. The molecule has 0 aliphatic heterocycles. The molecular weight excluding hydrogens is 405 g/mol. The van der Waals surface area contributed by atoms with Crippen LogP contribution in [0.3, 0.4) is 0 Å². The summed E-state index contributed by atoms with van der Waals surface area (Å²) in [6, 6.07) is 0. The van der Waals surface area contributed by atoms with Gasteiger partial charge in [-0.1, -0.05) is 0 Å². The minimum absolute atomic E-state index is 0. The van der Waals surface area contributed by atoms with Gasteiger partial charge in [-0.3, -0.25) is 0 Å². The van der Waals surface area contributed by atoms with E-state index in [-0.39, 0.29) is 17.1 Å². The first-order chi connectivity index (χ1) is 3.46. The van der Waals surface area contributed by atoms with E-state index < -0.39 is 42.1 Å². The van der Waals surface area contributed by atoms with Crippen molar-refractivity contribution < 1.29 is 79.8 Å². The Morgan fingerprint density at radius 3 is 0.556 bits per heavy atom. The first kappa shape index (κ1) is 17.0. The number of hydrogen-bond acceptors (Lipinski definition) is 6. The van der Waals surface area contributed by atoms with Crippen molar-refractivity contribution >= 4 is 0 Å². The van der Waals surface area contributed by atoms with Gasteiger partial charge >= 0.3 is 17.1 Å². The van der Waals surface area contributed by atoms with Crippen molar-refractivity contribution in [1.82, 2.24) is 0 Å². The molecule has 57 valence electrons. The van der Waals surface area contributed by atoms with Gasteiger partial charge in [0.05, 0.1) is 0 Å². The van der Waals surface area contributed by atoms with Crippen molar-refractivity contribution in [2.75, 3.05) is 0 Å². The normalized spacial score (nSPS) is 8.00. The van der Waals surface area contributed by atoms with Gasteiger partial charge in [0.15, 0.2) is 0 Å². The Bertz CT molecular complexity index is 26.5. The fraction of sp³-hybridized carbons (Fsp3) is 0. The van der Waals surface area contributed by atoms with E-state index in [1.165, 1.54) is 0 Å². The summed E-state index contributed by atoms with van der Waals surface area (Å²) < 4.78 is 51.4. The van der Waals surface area contributed by atoms with E-state index in [1.54, 1.807) is 0 Å². The molecule has 0 unspecified atom stereocenters. The quantitative estimate of drug-likeness (QED) is 0.290. The number of halogens is 2. The number of rotatable bonds is 0. The molecule has 0 saturated heterocycles. The van der Waals surface area contributed by atoms with Crippen molar-refractivity contribution in [3.8, 4) is 0 Å². The molecule has 0 aromatic rings. The van der Waals surface area contributed by atoms with Gasteiger partial charge < -0.3 is 20.6 Å². The zero-order chi connectivity index (χ0) is 7.15. The van der Waals surface area contributed by atoms with Gasteiger partial charge in [-0.15, -0.1) is 0 Å². The maximum absolute atomic E-state index is 8.57. The Morgan fingerprint density at radius 1 is 0.556 bits per heavy atom. The Hall–Kier alpha value is 1.74. The van der Waals surface area contributed by atoms with E-state index in [2.05, 4.69) is 0 Å². The molecule has 0 aromatic carbocycles. The molecule has 0 N–H and O–H groups in total. The van der Waals surface area contributed by atoms with Crippen LogP contribution < -0.4 is 62.7 Å². The molecule has 9 heavy (non-hydrogen) atoms. The van der Waals surface area contributed by atoms with Gasteiger partial charge in [-0.05, 0) is 0 Å². The summed E-state index contributed by atoms with van der Waals surface area (Å²) in [4.78, 5) is 0. The van der Waals surface area contributed by atoms with Crippen LogP contribution in [0.2, 0.25) is 0 Å². The van der Waals surface area contributed by atoms with Crippen molar-refractivity contribution in [3.05, 3.63) is 0 Å².